The molecule has 0 fully saturated rings. The van der Waals surface area contributed by atoms with Gasteiger partial charge in [-0.2, -0.15) is 0 Å². The average Bonchev–Trinajstić information content (AvgIpc) is 2.34. The lowest BCUT2D eigenvalue weighted by Gasteiger charge is -2.17. The van der Waals surface area contributed by atoms with Gasteiger partial charge >= 0.3 is 0 Å². The van der Waals surface area contributed by atoms with E-state index in [0.29, 0.717) is 0 Å². The van der Waals surface area contributed by atoms with E-state index in [9.17, 15) is 0 Å². The molecule has 0 aliphatic carbocycles. The number of unbranched alkanes of at least 4 members (excludes halogenated alkanes) is 1. The van der Waals surface area contributed by atoms with Gasteiger partial charge in [0.15, 0.2) is 5.96 Å². The maximum atomic E-state index is 4.60. The zero-order chi connectivity index (χ0) is 12.5. The van der Waals surface area contributed by atoms with Gasteiger partial charge in [-0.15, -0.1) is 24.0 Å². The molecule has 0 aliphatic rings. The first-order chi connectivity index (χ1) is 8.24. The Hall–Kier alpha value is -0.780. The molecule has 0 aromatic heterocycles. The van der Waals surface area contributed by atoms with Crippen molar-refractivity contribution in [2.24, 2.45) is 4.99 Å². The van der Waals surface area contributed by atoms with Crippen molar-refractivity contribution < 1.29 is 0 Å². The molecule has 1 aromatic rings. The Morgan fingerprint density at radius 1 is 1.22 bits per heavy atom. The van der Waals surface area contributed by atoms with E-state index >= 15 is 0 Å². The molecule has 0 heterocycles. The third-order valence-corrected chi connectivity index (χ3v) is 2.49. The molecule has 18 heavy (non-hydrogen) atoms. The minimum absolute atomic E-state index is 0. The van der Waals surface area contributed by atoms with Gasteiger partial charge in [0.1, 0.15) is 0 Å². The van der Waals surface area contributed by atoms with Gasteiger partial charge < -0.3 is 10.2 Å². The minimum Gasteiger partial charge on any atom is -0.356 e. The van der Waals surface area contributed by atoms with Gasteiger partial charge in [0.25, 0.3) is 0 Å². The quantitative estimate of drug-likeness (QED) is 0.378. The number of benzene rings is 1. The zero-order valence-electron chi connectivity index (χ0n) is 11.5. The van der Waals surface area contributed by atoms with Crippen LogP contribution in [-0.4, -0.2) is 31.5 Å². The van der Waals surface area contributed by atoms with Gasteiger partial charge in [0.2, 0.25) is 0 Å². The van der Waals surface area contributed by atoms with Crippen LogP contribution < -0.4 is 5.32 Å². The molecule has 4 heteroatoms. The highest BCUT2D eigenvalue weighted by Gasteiger charge is 2.00. The highest BCUT2D eigenvalue weighted by molar-refractivity contribution is 14.0. The van der Waals surface area contributed by atoms with Gasteiger partial charge in [-0.3, -0.25) is 0 Å². The van der Waals surface area contributed by atoms with Gasteiger partial charge in [-0.05, 0) is 12.0 Å². The van der Waals surface area contributed by atoms with Crippen LogP contribution in [-0.2, 0) is 6.54 Å². The van der Waals surface area contributed by atoms with Crippen LogP contribution in [0.2, 0.25) is 0 Å². The minimum atomic E-state index is 0. The number of rotatable bonds is 5. The zero-order valence-corrected chi connectivity index (χ0v) is 13.8. The Balaban J connectivity index is 0.00000289. The summed E-state index contributed by atoms with van der Waals surface area (Å²) >= 11 is 0. The summed E-state index contributed by atoms with van der Waals surface area (Å²) in [5.74, 6) is 0.960. The van der Waals surface area contributed by atoms with Crippen molar-refractivity contribution in [2.75, 3.05) is 20.6 Å². The number of hydrogen-bond donors (Lipinski definition) is 1. The first-order valence-electron chi connectivity index (χ1n) is 6.23. The van der Waals surface area contributed by atoms with Gasteiger partial charge in [-0.1, -0.05) is 43.7 Å². The molecule has 1 N–H and O–H groups in total. The van der Waals surface area contributed by atoms with Gasteiger partial charge in [-0.25, -0.2) is 4.99 Å². The molecular formula is C14H24IN3. The van der Waals surface area contributed by atoms with E-state index in [1.165, 1.54) is 18.4 Å². The van der Waals surface area contributed by atoms with Crippen LogP contribution >= 0.6 is 24.0 Å². The Kier molecular flexibility index (Phi) is 9.73. The van der Waals surface area contributed by atoms with Crippen LogP contribution in [0.15, 0.2) is 35.3 Å². The topological polar surface area (TPSA) is 27.6 Å². The fourth-order valence-electron chi connectivity index (χ4n) is 1.48. The van der Waals surface area contributed by atoms with E-state index in [4.69, 9.17) is 0 Å². The lowest BCUT2D eigenvalue weighted by atomic mass is 10.2. The van der Waals surface area contributed by atoms with Crippen LogP contribution in [0.3, 0.4) is 0 Å². The number of nitrogens with zero attached hydrogens (tertiary/aromatic N) is 2. The second-order valence-corrected chi connectivity index (χ2v) is 4.30. The summed E-state index contributed by atoms with van der Waals surface area (Å²) in [6.07, 6.45) is 2.38. The summed E-state index contributed by atoms with van der Waals surface area (Å²) in [5.41, 5.74) is 1.24. The molecule has 0 spiro atoms. The molecule has 1 rings (SSSR count). The summed E-state index contributed by atoms with van der Waals surface area (Å²) in [6.45, 7) is 3.91. The molecule has 0 radical (unpaired) electrons. The molecule has 0 aliphatic heterocycles. The summed E-state index contributed by atoms with van der Waals surface area (Å²) in [6, 6.07) is 10.3. The fraction of sp³-hybridized carbons (Fsp3) is 0.500. The maximum Gasteiger partial charge on any atom is 0.193 e. The SMILES string of the molecule is CCCCNC(=NCc1ccccc1)N(C)C.I. The predicted molar refractivity (Wildman–Crippen MR) is 89.6 cm³/mol. The van der Waals surface area contributed by atoms with Crippen LogP contribution in [0.1, 0.15) is 25.3 Å². The average molecular weight is 361 g/mol. The Bertz CT molecular complexity index is 336. The normalized spacial score (nSPS) is 10.7. The summed E-state index contributed by atoms with van der Waals surface area (Å²) in [7, 11) is 4.03. The summed E-state index contributed by atoms with van der Waals surface area (Å²) in [5, 5.41) is 3.37. The molecule has 0 unspecified atom stereocenters. The van der Waals surface area contributed by atoms with Crippen molar-refractivity contribution in [3.63, 3.8) is 0 Å². The van der Waals surface area contributed by atoms with Crippen molar-refractivity contribution >= 4 is 29.9 Å². The lowest BCUT2D eigenvalue weighted by molar-refractivity contribution is 0.573. The fourth-order valence-corrected chi connectivity index (χ4v) is 1.48. The number of hydrogen-bond acceptors (Lipinski definition) is 1. The Morgan fingerprint density at radius 2 is 1.89 bits per heavy atom. The van der Waals surface area contributed by atoms with Crippen molar-refractivity contribution in [2.45, 2.75) is 26.3 Å². The Labute approximate surface area is 128 Å². The molecule has 0 amide bonds. The largest absolute Gasteiger partial charge is 0.356 e. The standard InChI is InChI=1S/C14H23N3.HI/c1-4-5-11-15-14(17(2)3)16-12-13-9-7-6-8-10-13;/h6-10H,4-5,11-12H2,1-3H3,(H,15,16);1H. The monoisotopic (exact) mass is 361 g/mol. The van der Waals surface area contributed by atoms with Gasteiger partial charge in [0.05, 0.1) is 6.54 Å². The van der Waals surface area contributed by atoms with Crippen LogP contribution in [0.25, 0.3) is 0 Å². The van der Waals surface area contributed by atoms with Crippen molar-refractivity contribution in [1.82, 2.24) is 10.2 Å². The maximum absolute atomic E-state index is 4.60. The van der Waals surface area contributed by atoms with E-state index < -0.39 is 0 Å². The summed E-state index contributed by atoms with van der Waals surface area (Å²) < 4.78 is 0. The second kappa shape index (κ2) is 10.2. The van der Waals surface area contributed by atoms with E-state index in [2.05, 4.69) is 29.4 Å². The van der Waals surface area contributed by atoms with Crippen LogP contribution in [0.5, 0.6) is 0 Å². The first kappa shape index (κ1) is 17.2. The number of nitrogens with one attached hydrogen (secondary N) is 1. The van der Waals surface area contributed by atoms with Gasteiger partial charge in [0, 0.05) is 20.6 Å². The predicted octanol–water partition coefficient (Wildman–Crippen LogP) is 3.11. The van der Waals surface area contributed by atoms with E-state index in [1.807, 2.05) is 37.2 Å². The molecule has 0 saturated heterocycles. The van der Waals surface area contributed by atoms with Crippen LogP contribution in [0, 0.1) is 0 Å². The van der Waals surface area contributed by atoms with E-state index in [-0.39, 0.29) is 24.0 Å². The van der Waals surface area contributed by atoms with Crippen molar-refractivity contribution in [3.05, 3.63) is 35.9 Å². The smallest absolute Gasteiger partial charge is 0.193 e. The van der Waals surface area contributed by atoms with Crippen molar-refractivity contribution in [3.8, 4) is 0 Å². The van der Waals surface area contributed by atoms with E-state index in [0.717, 1.165) is 19.0 Å². The number of aliphatic imine (C=N–C) groups is 1. The molecule has 102 valence electrons. The van der Waals surface area contributed by atoms with E-state index in [1.54, 1.807) is 0 Å². The molecule has 0 bridgehead atoms. The first-order valence-corrected chi connectivity index (χ1v) is 6.23. The molecule has 0 saturated carbocycles. The van der Waals surface area contributed by atoms with Crippen LogP contribution in [0.4, 0.5) is 0 Å². The highest BCUT2D eigenvalue weighted by atomic mass is 127. The molecule has 3 nitrogen and oxygen atoms in total. The second-order valence-electron chi connectivity index (χ2n) is 4.30. The number of halogens is 1. The third kappa shape index (κ3) is 6.83. The highest BCUT2D eigenvalue weighted by Crippen LogP contribution is 2.00. The summed E-state index contributed by atoms with van der Waals surface area (Å²) in [4.78, 5) is 6.62. The van der Waals surface area contributed by atoms with Crippen molar-refractivity contribution in [1.29, 1.82) is 0 Å². The Morgan fingerprint density at radius 3 is 2.44 bits per heavy atom. The molecular weight excluding hydrogens is 337 g/mol. The number of guanidine groups is 1. The molecule has 1 aromatic carbocycles. The molecule has 0 atom stereocenters. The lowest BCUT2D eigenvalue weighted by Crippen LogP contribution is -2.36. The third-order valence-electron chi connectivity index (χ3n) is 2.49.